The molecule has 1 aliphatic rings. The number of rotatable bonds is 6. The maximum absolute atomic E-state index is 13.7. The maximum atomic E-state index is 13.7. The van der Waals surface area contributed by atoms with E-state index in [4.69, 9.17) is 4.74 Å². The summed E-state index contributed by atoms with van der Waals surface area (Å²) in [6.45, 7) is -0.652. The molecular weight excluding hydrogens is 523 g/mol. The predicted molar refractivity (Wildman–Crippen MR) is 126 cm³/mol. The normalized spacial score (nSPS) is 23.1. The van der Waals surface area contributed by atoms with E-state index in [0.717, 1.165) is 26.4 Å². The molecule has 5 atom stereocenters. The summed E-state index contributed by atoms with van der Waals surface area (Å²) in [7, 11) is 1.30. The van der Waals surface area contributed by atoms with Gasteiger partial charge < -0.3 is 25.0 Å². The number of halogens is 3. The molecular formula is C24H22F3N7O5. The molecule has 2 aromatic heterocycles. The summed E-state index contributed by atoms with van der Waals surface area (Å²) in [4.78, 5) is 14.2. The van der Waals surface area contributed by atoms with Crippen LogP contribution in [-0.4, -0.2) is 94.3 Å². The fourth-order valence-electron chi connectivity index (χ4n) is 4.33. The molecule has 15 heteroatoms. The number of aromatic nitrogens is 6. The van der Waals surface area contributed by atoms with Gasteiger partial charge in [0.05, 0.1) is 24.7 Å². The number of carbonyl (C=O) groups is 1. The quantitative estimate of drug-likeness (QED) is 0.318. The van der Waals surface area contributed by atoms with Crippen molar-refractivity contribution in [3.63, 3.8) is 0 Å². The molecule has 3 unspecified atom stereocenters. The molecule has 204 valence electrons. The molecule has 0 radical (unpaired) electrons. The first-order valence-corrected chi connectivity index (χ1v) is 11.6. The van der Waals surface area contributed by atoms with Crippen LogP contribution in [0.15, 0.2) is 54.9 Å². The Balaban J connectivity index is 1.40. The summed E-state index contributed by atoms with van der Waals surface area (Å²) in [5, 5.41) is 47.3. The Hall–Kier alpha value is -4.18. The second-order valence-corrected chi connectivity index (χ2v) is 8.88. The van der Waals surface area contributed by atoms with Crippen molar-refractivity contribution in [2.45, 2.75) is 30.6 Å². The molecule has 5 rings (SSSR count). The van der Waals surface area contributed by atoms with Crippen LogP contribution in [0, 0.1) is 17.5 Å². The van der Waals surface area contributed by atoms with Crippen molar-refractivity contribution in [2.24, 2.45) is 0 Å². The largest absolute Gasteiger partial charge is 0.394 e. The van der Waals surface area contributed by atoms with Crippen molar-refractivity contribution in [2.75, 3.05) is 13.7 Å². The molecule has 0 bridgehead atoms. The van der Waals surface area contributed by atoms with Gasteiger partial charge in [-0.2, -0.15) is 0 Å². The standard InChI is InChI=1S/C24H22F3N7O5/c1-32(23(38)18-10-33(30-29-18)14-5-6-15(26)16(27)8-14)24-22(37)20(21(36)19(11-35)39-24)34-9-17(28-31-34)12-3-2-4-13(25)7-12/h2-10,19-22,24,35-37H,11H2,1H3/t19?,20?,21-,22?,24+/m0/s1. The van der Waals surface area contributed by atoms with Gasteiger partial charge in [-0.3, -0.25) is 4.79 Å². The first kappa shape index (κ1) is 26.4. The van der Waals surface area contributed by atoms with Gasteiger partial charge in [-0.1, -0.05) is 22.6 Å². The smallest absolute Gasteiger partial charge is 0.277 e. The van der Waals surface area contributed by atoms with Gasteiger partial charge in [0.15, 0.2) is 23.6 Å². The molecule has 1 amide bonds. The number of hydrogen-bond donors (Lipinski definition) is 3. The molecule has 0 aliphatic carbocycles. The fourth-order valence-corrected chi connectivity index (χ4v) is 4.33. The molecule has 1 aliphatic heterocycles. The van der Waals surface area contributed by atoms with E-state index in [1.165, 1.54) is 43.7 Å². The van der Waals surface area contributed by atoms with Crippen molar-refractivity contribution in [1.82, 2.24) is 34.9 Å². The molecule has 1 saturated heterocycles. The Morgan fingerprint density at radius 1 is 1.03 bits per heavy atom. The summed E-state index contributed by atoms with van der Waals surface area (Å²) in [6, 6.07) is 7.40. The van der Waals surface area contributed by atoms with Crippen LogP contribution in [0.5, 0.6) is 0 Å². The van der Waals surface area contributed by atoms with Crippen molar-refractivity contribution in [3.05, 3.63) is 78.0 Å². The van der Waals surface area contributed by atoms with E-state index in [-0.39, 0.29) is 17.1 Å². The zero-order valence-corrected chi connectivity index (χ0v) is 20.2. The summed E-state index contributed by atoms with van der Waals surface area (Å²) >= 11 is 0. The first-order valence-electron chi connectivity index (χ1n) is 11.6. The fraction of sp³-hybridized carbons (Fsp3) is 0.292. The molecule has 1 fully saturated rings. The Kier molecular flexibility index (Phi) is 7.14. The Bertz CT molecular complexity index is 1500. The SMILES string of the molecule is CN(C(=O)c1cn(-c2ccc(F)c(F)c2)nn1)[C@@H]1OC(CO)[C@H](O)C(n2cc(-c3cccc(F)c3)nn2)C1O. The average molecular weight is 545 g/mol. The van der Waals surface area contributed by atoms with E-state index in [2.05, 4.69) is 20.6 Å². The molecule has 2 aromatic carbocycles. The van der Waals surface area contributed by atoms with Crippen molar-refractivity contribution < 1.29 is 38.0 Å². The maximum Gasteiger partial charge on any atom is 0.277 e. The zero-order valence-electron chi connectivity index (χ0n) is 20.2. The summed E-state index contributed by atoms with van der Waals surface area (Å²) in [5.74, 6) is -3.42. The molecule has 3 heterocycles. The van der Waals surface area contributed by atoms with Gasteiger partial charge in [-0.15, -0.1) is 10.2 Å². The van der Waals surface area contributed by atoms with E-state index in [9.17, 15) is 33.3 Å². The molecule has 39 heavy (non-hydrogen) atoms. The van der Waals surface area contributed by atoms with Crippen molar-refractivity contribution in [3.8, 4) is 16.9 Å². The second kappa shape index (κ2) is 10.5. The van der Waals surface area contributed by atoms with Gasteiger partial charge in [-0.25, -0.2) is 22.5 Å². The van der Waals surface area contributed by atoms with Crippen LogP contribution in [0.3, 0.4) is 0 Å². The number of amides is 1. The van der Waals surface area contributed by atoms with Crippen LogP contribution in [-0.2, 0) is 4.74 Å². The van der Waals surface area contributed by atoms with Crippen LogP contribution in [0.25, 0.3) is 16.9 Å². The number of nitrogens with zero attached hydrogens (tertiary/aromatic N) is 7. The molecule has 3 N–H and O–H groups in total. The van der Waals surface area contributed by atoms with E-state index in [0.29, 0.717) is 5.56 Å². The van der Waals surface area contributed by atoms with E-state index < -0.39 is 60.5 Å². The van der Waals surface area contributed by atoms with Gasteiger partial charge in [0.25, 0.3) is 5.91 Å². The average Bonchev–Trinajstić information content (AvgIpc) is 3.61. The predicted octanol–water partition coefficient (Wildman–Crippen LogP) is 0.695. The van der Waals surface area contributed by atoms with E-state index in [1.807, 2.05) is 0 Å². The van der Waals surface area contributed by atoms with Crippen LogP contribution in [0.4, 0.5) is 13.2 Å². The number of aliphatic hydroxyl groups is 3. The number of carbonyl (C=O) groups excluding carboxylic acids is 1. The number of aliphatic hydroxyl groups excluding tert-OH is 3. The lowest BCUT2D eigenvalue weighted by molar-refractivity contribution is -0.235. The van der Waals surface area contributed by atoms with Crippen LogP contribution < -0.4 is 0 Å². The van der Waals surface area contributed by atoms with Gasteiger partial charge >= 0.3 is 0 Å². The van der Waals surface area contributed by atoms with Gasteiger partial charge in [0.1, 0.15) is 35.9 Å². The van der Waals surface area contributed by atoms with Crippen LogP contribution >= 0.6 is 0 Å². The minimum Gasteiger partial charge on any atom is -0.394 e. The summed E-state index contributed by atoms with van der Waals surface area (Å²) < 4.78 is 48.4. The Labute approximate surface area is 218 Å². The highest BCUT2D eigenvalue weighted by atomic mass is 19.2. The third-order valence-corrected chi connectivity index (χ3v) is 6.39. The Morgan fingerprint density at radius 3 is 2.54 bits per heavy atom. The van der Waals surface area contributed by atoms with Gasteiger partial charge in [-0.05, 0) is 24.3 Å². The highest BCUT2D eigenvalue weighted by Crippen LogP contribution is 2.32. The highest BCUT2D eigenvalue weighted by molar-refractivity contribution is 5.92. The van der Waals surface area contributed by atoms with Crippen LogP contribution in [0.1, 0.15) is 16.5 Å². The first-order chi connectivity index (χ1) is 18.7. The molecule has 4 aromatic rings. The monoisotopic (exact) mass is 545 g/mol. The molecule has 0 saturated carbocycles. The third-order valence-electron chi connectivity index (χ3n) is 6.39. The lowest BCUT2D eigenvalue weighted by Crippen LogP contribution is -2.61. The van der Waals surface area contributed by atoms with E-state index >= 15 is 0 Å². The minimum atomic E-state index is -1.57. The van der Waals surface area contributed by atoms with Crippen molar-refractivity contribution >= 4 is 5.91 Å². The summed E-state index contributed by atoms with van der Waals surface area (Å²) in [5.41, 5.74) is 0.566. The number of hydrogen-bond acceptors (Lipinski definition) is 9. The Morgan fingerprint density at radius 2 is 1.82 bits per heavy atom. The van der Waals surface area contributed by atoms with E-state index in [1.54, 1.807) is 6.07 Å². The molecule has 12 nitrogen and oxygen atoms in total. The number of ether oxygens (including phenoxy) is 1. The number of likely N-dealkylation sites (N-methyl/N-ethyl adjacent to an activating group) is 1. The summed E-state index contributed by atoms with van der Waals surface area (Å²) in [6.07, 6.45) is -3.07. The molecule has 0 spiro atoms. The van der Waals surface area contributed by atoms with Gasteiger partial charge in [0.2, 0.25) is 0 Å². The number of benzene rings is 2. The highest BCUT2D eigenvalue weighted by Gasteiger charge is 2.48. The minimum absolute atomic E-state index is 0.112. The zero-order chi connectivity index (χ0) is 27.8. The van der Waals surface area contributed by atoms with Crippen LogP contribution in [0.2, 0.25) is 0 Å². The van der Waals surface area contributed by atoms with Gasteiger partial charge in [0, 0.05) is 18.7 Å². The van der Waals surface area contributed by atoms with Crippen molar-refractivity contribution in [1.29, 1.82) is 0 Å². The lowest BCUT2D eigenvalue weighted by atomic mass is 9.95. The second-order valence-electron chi connectivity index (χ2n) is 8.88. The topological polar surface area (TPSA) is 152 Å². The third kappa shape index (κ3) is 4.99. The lowest BCUT2D eigenvalue weighted by Gasteiger charge is -2.44.